The van der Waals surface area contributed by atoms with E-state index in [1.165, 1.54) is 17.1 Å². The largest absolute Gasteiger partial charge is 0.381 e. The zero-order valence-corrected chi connectivity index (χ0v) is 20.5. The van der Waals surface area contributed by atoms with Gasteiger partial charge >= 0.3 is 0 Å². The highest BCUT2D eigenvalue weighted by Gasteiger charge is 2.35. The maximum absolute atomic E-state index is 5.59. The summed E-state index contributed by atoms with van der Waals surface area (Å²) >= 11 is 1.97. The van der Waals surface area contributed by atoms with Gasteiger partial charge in [-0.25, -0.2) is 0 Å². The van der Waals surface area contributed by atoms with Crippen molar-refractivity contribution in [2.24, 2.45) is 10.9 Å². The van der Waals surface area contributed by atoms with E-state index >= 15 is 0 Å². The van der Waals surface area contributed by atoms with E-state index in [1.54, 1.807) is 0 Å². The fraction of sp³-hybridized carbons (Fsp3) is 0.667. The van der Waals surface area contributed by atoms with Crippen molar-refractivity contribution < 1.29 is 4.74 Å². The molecule has 0 bridgehead atoms. The third kappa shape index (κ3) is 6.24. The number of aliphatic imine (C=N–C) groups is 1. The van der Waals surface area contributed by atoms with E-state index in [-0.39, 0.29) is 29.5 Å². The number of nitrogens with zero attached hydrogens (tertiary/aromatic N) is 3. The topological polar surface area (TPSA) is 40.1 Å². The van der Waals surface area contributed by atoms with E-state index in [1.807, 2.05) is 18.8 Å². The molecule has 0 amide bonds. The first kappa shape index (κ1) is 23.8. The molecule has 1 atom stereocenters. The number of ether oxygens (including phenoxy) is 1. The van der Waals surface area contributed by atoms with Crippen LogP contribution in [0, 0.1) is 5.92 Å². The van der Waals surface area contributed by atoms with Crippen LogP contribution in [0.25, 0.3) is 0 Å². The van der Waals surface area contributed by atoms with E-state index in [0.717, 1.165) is 57.6 Å². The van der Waals surface area contributed by atoms with Crippen molar-refractivity contribution in [1.29, 1.82) is 0 Å². The summed E-state index contributed by atoms with van der Waals surface area (Å²) in [5.74, 6) is 2.95. The molecular formula is C21H35IN4OS. The van der Waals surface area contributed by atoms with Crippen LogP contribution in [0.1, 0.15) is 19.3 Å². The Hall–Kier alpha value is -0.510. The highest BCUT2D eigenvalue weighted by atomic mass is 127. The Labute approximate surface area is 191 Å². The zero-order chi connectivity index (χ0) is 19.1. The second kappa shape index (κ2) is 11.6. The SMILES string of the molecule is CN=C(NCC1(N(C)C)CCOCC1)N1CCC(CSc2ccccc2)C1.I. The van der Waals surface area contributed by atoms with Gasteiger partial charge < -0.3 is 19.9 Å². The Kier molecular flexibility index (Phi) is 9.86. The van der Waals surface area contributed by atoms with Crippen molar-refractivity contribution >= 4 is 41.7 Å². The molecule has 1 aromatic rings. The molecule has 1 aromatic carbocycles. The van der Waals surface area contributed by atoms with Gasteiger partial charge in [-0.05, 0) is 51.4 Å². The van der Waals surface area contributed by atoms with Crippen LogP contribution in [-0.2, 0) is 4.74 Å². The lowest BCUT2D eigenvalue weighted by molar-refractivity contribution is -0.00522. The minimum absolute atomic E-state index is 0. The zero-order valence-electron chi connectivity index (χ0n) is 17.4. The fourth-order valence-electron chi connectivity index (χ4n) is 4.00. The predicted molar refractivity (Wildman–Crippen MR) is 130 cm³/mol. The Morgan fingerprint density at radius 2 is 2.00 bits per heavy atom. The van der Waals surface area contributed by atoms with E-state index in [4.69, 9.17) is 4.74 Å². The van der Waals surface area contributed by atoms with Gasteiger partial charge in [-0.3, -0.25) is 4.99 Å². The van der Waals surface area contributed by atoms with Crippen molar-refractivity contribution in [3.05, 3.63) is 30.3 Å². The smallest absolute Gasteiger partial charge is 0.193 e. The van der Waals surface area contributed by atoms with Crippen molar-refractivity contribution in [3.8, 4) is 0 Å². The molecule has 0 spiro atoms. The summed E-state index contributed by atoms with van der Waals surface area (Å²) in [4.78, 5) is 10.7. The highest BCUT2D eigenvalue weighted by Crippen LogP contribution is 2.27. The molecule has 0 aliphatic carbocycles. The quantitative estimate of drug-likeness (QED) is 0.271. The van der Waals surface area contributed by atoms with E-state index in [2.05, 4.69) is 64.5 Å². The third-order valence-electron chi connectivity index (χ3n) is 5.97. The first-order valence-corrected chi connectivity index (χ1v) is 11.0. The standard InChI is InChI=1S/C21H34N4OS.HI/c1-22-20(23-17-21(24(2)3)10-13-26-14-11-21)25-12-9-18(15-25)16-27-19-7-5-4-6-8-19;/h4-8,18H,9-17H2,1-3H3,(H,22,23);1H. The molecule has 2 fully saturated rings. The Bertz CT molecular complexity index is 608. The molecule has 0 radical (unpaired) electrons. The number of likely N-dealkylation sites (N-methyl/N-ethyl adjacent to an activating group) is 1. The number of guanidine groups is 1. The van der Waals surface area contributed by atoms with Gasteiger partial charge in [-0.15, -0.1) is 35.7 Å². The van der Waals surface area contributed by atoms with Crippen LogP contribution in [-0.4, -0.2) is 81.0 Å². The monoisotopic (exact) mass is 518 g/mol. The van der Waals surface area contributed by atoms with E-state index in [0.29, 0.717) is 0 Å². The van der Waals surface area contributed by atoms with Crippen LogP contribution in [0.3, 0.4) is 0 Å². The molecule has 2 saturated heterocycles. The van der Waals surface area contributed by atoms with Crippen LogP contribution in [0.15, 0.2) is 40.2 Å². The van der Waals surface area contributed by atoms with E-state index < -0.39 is 0 Å². The first-order valence-electron chi connectivity index (χ1n) is 10.0. The van der Waals surface area contributed by atoms with Crippen molar-refractivity contribution in [1.82, 2.24) is 15.1 Å². The number of hydrogen-bond donors (Lipinski definition) is 1. The second-order valence-corrected chi connectivity index (χ2v) is 8.95. The molecule has 0 saturated carbocycles. The summed E-state index contributed by atoms with van der Waals surface area (Å²) < 4.78 is 5.59. The molecule has 2 aliphatic rings. The lowest BCUT2D eigenvalue weighted by Gasteiger charge is -2.43. The van der Waals surface area contributed by atoms with Gasteiger partial charge in [0.15, 0.2) is 5.96 Å². The molecule has 158 valence electrons. The number of thioether (sulfide) groups is 1. The fourth-order valence-corrected chi connectivity index (χ4v) is 5.05. The summed E-state index contributed by atoms with van der Waals surface area (Å²) in [7, 11) is 6.27. The van der Waals surface area contributed by atoms with Gasteiger partial charge in [-0.1, -0.05) is 18.2 Å². The van der Waals surface area contributed by atoms with Crippen molar-refractivity contribution in [2.75, 3.05) is 59.7 Å². The first-order chi connectivity index (χ1) is 13.1. The summed E-state index contributed by atoms with van der Waals surface area (Å²) in [5, 5.41) is 3.67. The molecular weight excluding hydrogens is 483 g/mol. The minimum atomic E-state index is 0. The predicted octanol–water partition coefficient (Wildman–Crippen LogP) is 3.40. The molecule has 28 heavy (non-hydrogen) atoms. The van der Waals surface area contributed by atoms with E-state index in [9.17, 15) is 0 Å². The molecule has 2 aliphatic heterocycles. The number of likely N-dealkylation sites (tertiary alicyclic amines) is 1. The van der Waals surface area contributed by atoms with Crippen LogP contribution in [0.4, 0.5) is 0 Å². The summed E-state index contributed by atoms with van der Waals surface area (Å²) in [6, 6.07) is 10.7. The molecule has 3 rings (SSSR count). The Balaban J connectivity index is 0.00000280. The Morgan fingerprint density at radius 1 is 1.29 bits per heavy atom. The van der Waals surface area contributed by atoms with Gasteiger partial charge in [-0.2, -0.15) is 0 Å². The van der Waals surface area contributed by atoms with Crippen molar-refractivity contribution in [3.63, 3.8) is 0 Å². The summed E-state index contributed by atoms with van der Waals surface area (Å²) in [6.45, 7) is 4.81. The van der Waals surface area contributed by atoms with Crippen LogP contribution in [0.2, 0.25) is 0 Å². The minimum Gasteiger partial charge on any atom is -0.381 e. The molecule has 1 N–H and O–H groups in total. The van der Waals surface area contributed by atoms with Gasteiger partial charge in [0.1, 0.15) is 0 Å². The number of nitrogens with one attached hydrogen (secondary N) is 1. The van der Waals surface area contributed by atoms with Crippen LogP contribution < -0.4 is 5.32 Å². The van der Waals surface area contributed by atoms with Crippen LogP contribution in [0.5, 0.6) is 0 Å². The maximum atomic E-state index is 5.59. The third-order valence-corrected chi connectivity index (χ3v) is 7.22. The highest BCUT2D eigenvalue weighted by molar-refractivity contribution is 14.0. The molecule has 2 heterocycles. The number of benzene rings is 1. The van der Waals surface area contributed by atoms with Gasteiger partial charge in [0.05, 0.1) is 0 Å². The molecule has 1 unspecified atom stereocenters. The van der Waals surface area contributed by atoms with Crippen LogP contribution >= 0.6 is 35.7 Å². The lowest BCUT2D eigenvalue weighted by Crippen LogP contribution is -2.57. The van der Waals surface area contributed by atoms with Gasteiger partial charge in [0, 0.05) is 56.1 Å². The van der Waals surface area contributed by atoms with Gasteiger partial charge in [0.2, 0.25) is 0 Å². The van der Waals surface area contributed by atoms with Gasteiger partial charge in [0.25, 0.3) is 0 Å². The Morgan fingerprint density at radius 3 is 2.64 bits per heavy atom. The number of rotatable bonds is 6. The average Bonchev–Trinajstić information content (AvgIpc) is 3.17. The molecule has 0 aromatic heterocycles. The number of hydrogen-bond acceptors (Lipinski definition) is 4. The number of halogens is 1. The summed E-state index contributed by atoms with van der Waals surface area (Å²) in [5.41, 5.74) is 0.163. The van der Waals surface area contributed by atoms with Crippen molar-refractivity contribution in [2.45, 2.75) is 29.7 Å². The average molecular weight is 519 g/mol. The molecule has 5 nitrogen and oxygen atoms in total. The lowest BCUT2D eigenvalue weighted by atomic mass is 9.88. The molecule has 7 heteroatoms. The summed E-state index contributed by atoms with van der Waals surface area (Å²) in [6.07, 6.45) is 3.38. The second-order valence-electron chi connectivity index (χ2n) is 7.86. The normalized spacial score (nSPS) is 22.2. The maximum Gasteiger partial charge on any atom is 0.193 e.